The minimum atomic E-state index is 0.178. The van der Waals surface area contributed by atoms with E-state index in [-0.39, 0.29) is 6.61 Å². The van der Waals surface area contributed by atoms with Crippen LogP contribution >= 0.6 is 11.8 Å². The number of hydrogen-bond acceptors (Lipinski definition) is 5. The number of ether oxygens (including phenoxy) is 1. The molecule has 0 radical (unpaired) electrons. The molecule has 0 aliphatic rings. The molecular weight excluding hydrogens is 272 g/mol. The Bertz CT molecular complexity index is 446. The highest BCUT2D eigenvalue weighted by molar-refractivity contribution is 8.00. The van der Waals surface area contributed by atoms with Crippen LogP contribution in [0, 0.1) is 11.3 Å². The maximum absolute atomic E-state index is 9.24. The molecule has 0 saturated carbocycles. The van der Waals surface area contributed by atoms with Crippen molar-refractivity contribution < 1.29 is 9.84 Å². The molecule has 1 unspecified atom stereocenters. The quantitative estimate of drug-likeness (QED) is 0.540. The van der Waals surface area contributed by atoms with Crippen LogP contribution in [0.2, 0.25) is 0 Å². The van der Waals surface area contributed by atoms with E-state index in [1.54, 1.807) is 18.9 Å². The van der Waals surface area contributed by atoms with E-state index in [4.69, 9.17) is 9.84 Å². The molecule has 1 atom stereocenters. The number of hydrogen-bond donors (Lipinski definition) is 2. The Kier molecular flexibility index (Phi) is 8.31. The van der Waals surface area contributed by atoms with Crippen LogP contribution in [0.15, 0.2) is 23.1 Å². The Hall–Kier alpha value is -1.06. The SMILES string of the molecule is COCCNCc1ccc(SC(C)CCO)c(C#N)c1. The lowest BCUT2D eigenvalue weighted by atomic mass is 10.1. The molecular formula is C15H22N2O2S. The zero-order valence-corrected chi connectivity index (χ0v) is 12.9. The first-order chi connectivity index (χ1) is 9.71. The van der Waals surface area contributed by atoms with Gasteiger partial charge in [-0.25, -0.2) is 0 Å². The van der Waals surface area contributed by atoms with Crippen molar-refractivity contribution >= 4 is 11.8 Å². The Balaban J connectivity index is 2.63. The molecule has 1 rings (SSSR count). The van der Waals surface area contributed by atoms with Crippen LogP contribution in [0.25, 0.3) is 0 Å². The van der Waals surface area contributed by atoms with Gasteiger partial charge in [0.25, 0.3) is 0 Å². The van der Waals surface area contributed by atoms with Crippen molar-refractivity contribution in [3.05, 3.63) is 29.3 Å². The van der Waals surface area contributed by atoms with E-state index < -0.39 is 0 Å². The summed E-state index contributed by atoms with van der Waals surface area (Å²) in [6.45, 7) is 4.44. The van der Waals surface area contributed by atoms with Crippen molar-refractivity contribution in [2.45, 2.75) is 30.0 Å². The second-order valence-corrected chi connectivity index (χ2v) is 6.03. The maximum atomic E-state index is 9.24. The van der Waals surface area contributed by atoms with Crippen LogP contribution in [0.1, 0.15) is 24.5 Å². The number of nitrogens with zero attached hydrogens (tertiary/aromatic N) is 1. The van der Waals surface area contributed by atoms with E-state index in [1.807, 2.05) is 18.2 Å². The van der Waals surface area contributed by atoms with Gasteiger partial charge in [-0.2, -0.15) is 5.26 Å². The van der Waals surface area contributed by atoms with Gasteiger partial charge in [-0.3, -0.25) is 0 Å². The fourth-order valence-corrected chi connectivity index (χ4v) is 2.78. The summed E-state index contributed by atoms with van der Waals surface area (Å²) in [6.07, 6.45) is 0.732. The zero-order valence-electron chi connectivity index (χ0n) is 12.1. The number of benzene rings is 1. The summed E-state index contributed by atoms with van der Waals surface area (Å²) in [5.41, 5.74) is 1.79. The lowest BCUT2D eigenvalue weighted by molar-refractivity contribution is 0.199. The number of nitrogens with one attached hydrogen (secondary N) is 1. The van der Waals surface area contributed by atoms with Gasteiger partial charge in [0.05, 0.1) is 12.2 Å². The van der Waals surface area contributed by atoms with Gasteiger partial charge in [0.1, 0.15) is 6.07 Å². The highest BCUT2D eigenvalue weighted by atomic mass is 32.2. The fourth-order valence-electron chi connectivity index (χ4n) is 1.74. The number of aliphatic hydroxyl groups excluding tert-OH is 1. The van der Waals surface area contributed by atoms with Crippen LogP contribution in [-0.2, 0) is 11.3 Å². The summed E-state index contributed by atoms with van der Waals surface area (Å²) in [7, 11) is 1.68. The van der Waals surface area contributed by atoms with Gasteiger partial charge in [0, 0.05) is 37.0 Å². The minimum Gasteiger partial charge on any atom is -0.396 e. The molecule has 0 bridgehead atoms. The molecule has 2 N–H and O–H groups in total. The van der Waals surface area contributed by atoms with Crippen molar-refractivity contribution in [3.63, 3.8) is 0 Å². The van der Waals surface area contributed by atoms with Gasteiger partial charge >= 0.3 is 0 Å². The summed E-state index contributed by atoms with van der Waals surface area (Å²) in [5.74, 6) is 0. The number of rotatable bonds is 9. The molecule has 0 heterocycles. The molecule has 110 valence electrons. The van der Waals surface area contributed by atoms with Crippen molar-refractivity contribution in [3.8, 4) is 6.07 Å². The monoisotopic (exact) mass is 294 g/mol. The normalized spacial score (nSPS) is 12.1. The summed E-state index contributed by atoms with van der Waals surface area (Å²) >= 11 is 1.64. The van der Waals surface area contributed by atoms with E-state index in [0.29, 0.717) is 17.4 Å². The Morgan fingerprint density at radius 2 is 2.30 bits per heavy atom. The van der Waals surface area contributed by atoms with Gasteiger partial charge < -0.3 is 15.2 Å². The molecule has 0 amide bonds. The average Bonchev–Trinajstić information content (AvgIpc) is 2.45. The Labute approximate surface area is 125 Å². The minimum absolute atomic E-state index is 0.178. The van der Waals surface area contributed by atoms with Crippen LogP contribution < -0.4 is 5.32 Å². The highest BCUT2D eigenvalue weighted by Crippen LogP contribution is 2.28. The largest absolute Gasteiger partial charge is 0.396 e. The van der Waals surface area contributed by atoms with Crippen LogP contribution in [0.3, 0.4) is 0 Å². The lowest BCUT2D eigenvalue weighted by Crippen LogP contribution is -2.18. The average molecular weight is 294 g/mol. The van der Waals surface area contributed by atoms with Crippen LogP contribution in [-0.4, -0.2) is 37.2 Å². The van der Waals surface area contributed by atoms with Gasteiger partial charge in [0.2, 0.25) is 0 Å². The Morgan fingerprint density at radius 3 is 2.95 bits per heavy atom. The third-order valence-corrected chi connectivity index (χ3v) is 4.09. The summed E-state index contributed by atoms with van der Waals surface area (Å²) in [4.78, 5) is 0.981. The molecule has 0 saturated heterocycles. The molecule has 0 aromatic heterocycles. The molecule has 1 aromatic carbocycles. The van der Waals surface area contributed by atoms with Crippen molar-refractivity contribution in [1.82, 2.24) is 5.32 Å². The van der Waals surface area contributed by atoms with E-state index in [2.05, 4.69) is 18.3 Å². The number of aliphatic hydroxyl groups is 1. The maximum Gasteiger partial charge on any atom is 0.100 e. The molecule has 0 aliphatic heterocycles. The molecule has 5 heteroatoms. The first-order valence-corrected chi connectivity index (χ1v) is 7.59. The zero-order chi connectivity index (χ0) is 14.8. The second kappa shape index (κ2) is 9.78. The van der Waals surface area contributed by atoms with Crippen LogP contribution in [0.5, 0.6) is 0 Å². The van der Waals surface area contributed by atoms with Gasteiger partial charge in [0.15, 0.2) is 0 Å². The first-order valence-electron chi connectivity index (χ1n) is 6.71. The third kappa shape index (κ3) is 5.93. The highest BCUT2D eigenvalue weighted by Gasteiger charge is 2.09. The van der Waals surface area contributed by atoms with E-state index in [1.165, 1.54) is 0 Å². The number of nitriles is 1. The van der Waals surface area contributed by atoms with Gasteiger partial charge in [-0.1, -0.05) is 13.0 Å². The molecule has 0 aliphatic carbocycles. The van der Waals surface area contributed by atoms with Crippen LogP contribution in [0.4, 0.5) is 0 Å². The van der Waals surface area contributed by atoms with Crippen molar-refractivity contribution in [2.24, 2.45) is 0 Å². The van der Waals surface area contributed by atoms with Crippen molar-refractivity contribution in [1.29, 1.82) is 5.26 Å². The molecule has 0 fully saturated rings. The topological polar surface area (TPSA) is 65.3 Å². The predicted octanol–water partition coefficient (Wildman–Crippen LogP) is 2.16. The third-order valence-electron chi connectivity index (χ3n) is 2.84. The Morgan fingerprint density at radius 1 is 1.50 bits per heavy atom. The summed E-state index contributed by atoms with van der Waals surface area (Å²) in [5, 5.41) is 21.7. The molecule has 1 aromatic rings. The van der Waals surface area contributed by atoms with E-state index >= 15 is 0 Å². The van der Waals surface area contributed by atoms with Gasteiger partial charge in [-0.15, -0.1) is 11.8 Å². The summed E-state index contributed by atoms with van der Waals surface area (Å²) in [6, 6.07) is 8.20. The van der Waals surface area contributed by atoms with Gasteiger partial charge in [-0.05, 0) is 24.1 Å². The predicted molar refractivity (Wildman–Crippen MR) is 81.8 cm³/mol. The van der Waals surface area contributed by atoms with E-state index in [0.717, 1.165) is 30.0 Å². The number of methoxy groups -OCH3 is 1. The molecule has 0 spiro atoms. The first kappa shape index (κ1) is 17.0. The fraction of sp³-hybridized carbons (Fsp3) is 0.533. The van der Waals surface area contributed by atoms with Crippen molar-refractivity contribution in [2.75, 3.05) is 26.9 Å². The summed E-state index contributed by atoms with van der Waals surface area (Å²) < 4.78 is 4.97. The van der Waals surface area contributed by atoms with E-state index in [9.17, 15) is 5.26 Å². The molecule has 20 heavy (non-hydrogen) atoms. The smallest absolute Gasteiger partial charge is 0.100 e. The standard InChI is InChI=1S/C15H22N2O2S/c1-12(5-7-18)20-15-4-3-13(9-14(15)10-16)11-17-6-8-19-2/h3-4,9,12,17-18H,5-8,11H2,1-2H3. The number of thioether (sulfide) groups is 1. The lowest BCUT2D eigenvalue weighted by Gasteiger charge is -2.12. The molecule has 4 nitrogen and oxygen atoms in total. The second-order valence-electron chi connectivity index (χ2n) is 4.55.